The molecule has 8 heteroatoms. The number of amides is 1. The van der Waals surface area contributed by atoms with Crippen LogP contribution < -0.4 is 21.7 Å². The number of carbonyl (C=O) groups excluding carboxylic acids is 1. The number of rotatable bonds is 3. The molecule has 162 valence electrons. The molecular formula is C21H31F3N4O. The van der Waals surface area contributed by atoms with Gasteiger partial charge in [0.1, 0.15) is 0 Å². The van der Waals surface area contributed by atoms with Crippen LogP contribution in [0.2, 0.25) is 0 Å². The summed E-state index contributed by atoms with van der Waals surface area (Å²) >= 11 is 0. The van der Waals surface area contributed by atoms with Gasteiger partial charge in [-0.05, 0) is 49.7 Å². The van der Waals surface area contributed by atoms with Gasteiger partial charge in [-0.2, -0.15) is 13.2 Å². The van der Waals surface area contributed by atoms with Crippen LogP contribution in [0.4, 0.5) is 30.2 Å². The zero-order valence-electron chi connectivity index (χ0n) is 17.1. The number of halogens is 3. The normalized spacial score (nSPS) is 23.8. The van der Waals surface area contributed by atoms with E-state index in [1.807, 2.05) is 14.0 Å². The Morgan fingerprint density at radius 3 is 2.21 bits per heavy atom. The van der Waals surface area contributed by atoms with Gasteiger partial charge in [0.15, 0.2) is 0 Å². The molecule has 3 aliphatic rings. The standard InChI is InChI=1S/C14H20N4O.C7H11F3/c1-7-12(17-2)11(15)4-10(14(16)19)13(7)18-5-8-3-9(8)6-18;8-7(9,10)6-4-2-1-3-5-6/h4,8-9,17H,3,5-6,15H2,1-2H3,(H2,16,19);6H,1-5H2. The lowest BCUT2D eigenvalue weighted by Gasteiger charge is -2.27. The number of nitrogen functional groups attached to an aromatic ring is 1. The summed E-state index contributed by atoms with van der Waals surface area (Å²) in [5.74, 6) is 0.195. The highest BCUT2D eigenvalue weighted by molar-refractivity contribution is 6.02. The molecule has 1 aromatic rings. The van der Waals surface area contributed by atoms with E-state index in [1.165, 1.54) is 6.42 Å². The molecule has 0 spiro atoms. The Bertz CT molecular complexity index is 749. The third kappa shape index (κ3) is 4.73. The molecule has 2 unspecified atom stereocenters. The molecule has 3 fully saturated rings. The number of piperidine rings is 1. The molecule has 5 nitrogen and oxygen atoms in total. The Labute approximate surface area is 170 Å². The lowest BCUT2D eigenvalue weighted by molar-refractivity contribution is -0.181. The van der Waals surface area contributed by atoms with Gasteiger partial charge in [0.25, 0.3) is 5.91 Å². The van der Waals surface area contributed by atoms with Gasteiger partial charge in [-0.3, -0.25) is 4.79 Å². The van der Waals surface area contributed by atoms with Crippen molar-refractivity contribution in [2.75, 3.05) is 36.1 Å². The van der Waals surface area contributed by atoms with Crippen molar-refractivity contribution in [1.82, 2.24) is 0 Å². The first-order valence-corrected chi connectivity index (χ1v) is 10.4. The van der Waals surface area contributed by atoms with E-state index in [1.54, 1.807) is 6.07 Å². The second kappa shape index (κ2) is 8.32. The van der Waals surface area contributed by atoms with Crippen LogP contribution in [0, 0.1) is 24.7 Å². The number of nitrogens with one attached hydrogen (secondary N) is 1. The average molecular weight is 413 g/mol. The first-order valence-electron chi connectivity index (χ1n) is 10.4. The summed E-state index contributed by atoms with van der Waals surface area (Å²) < 4.78 is 35.8. The lowest BCUT2D eigenvalue weighted by Crippen LogP contribution is -2.27. The topological polar surface area (TPSA) is 84.4 Å². The molecule has 4 rings (SSSR count). The number of hydrogen-bond acceptors (Lipinski definition) is 4. The lowest BCUT2D eigenvalue weighted by atomic mass is 9.89. The van der Waals surface area contributed by atoms with Gasteiger partial charge in [-0.15, -0.1) is 0 Å². The maximum absolute atomic E-state index is 11.9. The molecule has 5 N–H and O–H groups in total. The molecular weight excluding hydrogens is 381 g/mol. The molecule has 29 heavy (non-hydrogen) atoms. The smallest absolute Gasteiger partial charge is 0.391 e. The predicted octanol–water partition coefficient (Wildman–Crippen LogP) is 4.30. The minimum Gasteiger partial charge on any atom is -0.397 e. The number of hydrogen-bond donors (Lipinski definition) is 3. The summed E-state index contributed by atoms with van der Waals surface area (Å²) in [6, 6.07) is 1.69. The molecule has 1 saturated heterocycles. The quantitative estimate of drug-likeness (QED) is 0.646. The minimum atomic E-state index is -3.93. The van der Waals surface area contributed by atoms with Crippen molar-refractivity contribution < 1.29 is 18.0 Å². The summed E-state index contributed by atoms with van der Waals surface area (Å²) in [6.45, 7) is 4.05. The molecule has 0 aromatic heterocycles. The molecule has 2 saturated carbocycles. The second-order valence-corrected chi connectivity index (χ2v) is 8.51. The third-order valence-electron chi connectivity index (χ3n) is 6.45. The minimum absolute atomic E-state index is 0.351. The number of nitrogens with zero attached hydrogens (tertiary/aromatic N) is 1. The van der Waals surface area contributed by atoms with Crippen LogP contribution in [-0.2, 0) is 0 Å². The summed E-state index contributed by atoms with van der Waals surface area (Å²) in [6.07, 6.45) is 0.587. The van der Waals surface area contributed by atoms with E-state index in [2.05, 4.69) is 10.2 Å². The Kier molecular flexibility index (Phi) is 6.19. The number of fused-ring (bicyclic) bond motifs is 1. The number of nitrogens with two attached hydrogens (primary N) is 2. The Hall–Kier alpha value is -2.12. The third-order valence-corrected chi connectivity index (χ3v) is 6.45. The van der Waals surface area contributed by atoms with Crippen molar-refractivity contribution in [2.24, 2.45) is 23.5 Å². The summed E-state index contributed by atoms with van der Waals surface area (Å²) in [4.78, 5) is 14.0. The summed E-state index contributed by atoms with van der Waals surface area (Å²) in [5, 5.41) is 3.11. The Morgan fingerprint density at radius 1 is 1.17 bits per heavy atom. The number of carbonyl (C=O) groups is 1. The maximum Gasteiger partial charge on any atom is 0.391 e. The molecule has 0 radical (unpaired) electrons. The zero-order valence-corrected chi connectivity index (χ0v) is 17.1. The van der Waals surface area contributed by atoms with Gasteiger partial charge < -0.3 is 21.7 Å². The van der Waals surface area contributed by atoms with E-state index >= 15 is 0 Å². The molecule has 2 atom stereocenters. The van der Waals surface area contributed by atoms with Crippen molar-refractivity contribution in [3.05, 3.63) is 17.2 Å². The summed E-state index contributed by atoms with van der Waals surface area (Å²) in [5.41, 5.74) is 15.5. The zero-order chi connectivity index (χ0) is 21.3. The van der Waals surface area contributed by atoms with E-state index in [-0.39, 0.29) is 0 Å². The highest BCUT2D eigenvalue weighted by Gasteiger charge is 2.46. The van der Waals surface area contributed by atoms with E-state index in [9.17, 15) is 18.0 Å². The van der Waals surface area contributed by atoms with Crippen molar-refractivity contribution in [3.8, 4) is 0 Å². The largest absolute Gasteiger partial charge is 0.397 e. The van der Waals surface area contributed by atoms with Crippen LogP contribution in [0.15, 0.2) is 6.07 Å². The van der Waals surface area contributed by atoms with E-state index < -0.39 is 18.0 Å². The molecule has 1 heterocycles. The molecule has 1 aliphatic heterocycles. The van der Waals surface area contributed by atoms with E-state index in [0.717, 1.165) is 61.1 Å². The second-order valence-electron chi connectivity index (χ2n) is 8.51. The maximum atomic E-state index is 11.9. The van der Waals surface area contributed by atoms with Crippen LogP contribution in [0.25, 0.3) is 0 Å². The van der Waals surface area contributed by atoms with Crippen molar-refractivity contribution in [3.63, 3.8) is 0 Å². The van der Waals surface area contributed by atoms with Crippen molar-refractivity contribution in [2.45, 2.75) is 51.6 Å². The van der Waals surface area contributed by atoms with Gasteiger partial charge in [-0.25, -0.2) is 0 Å². The monoisotopic (exact) mass is 412 g/mol. The van der Waals surface area contributed by atoms with Crippen LogP contribution in [-0.4, -0.2) is 32.2 Å². The van der Waals surface area contributed by atoms with Crippen LogP contribution in [0.3, 0.4) is 0 Å². The fourth-order valence-corrected chi connectivity index (χ4v) is 4.77. The van der Waals surface area contributed by atoms with Crippen molar-refractivity contribution >= 4 is 23.0 Å². The van der Waals surface area contributed by atoms with Crippen LogP contribution in [0.5, 0.6) is 0 Å². The van der Waals surface area contributed by atoms with E-state index in [0.29, 0.717) is 24.1 Å². The van der Waals surface area contributed by atoms with Gasteiger partial charge in [0.2, 0.25) is 0 Å². The van der Waals surface area contributed by atoms with Gasteiger partial charge >= 0.3 is 6.18 Å². The first kappa shape index (κ1) is 21.6. The Balaban J connectivity index is 0.000000204. The number of alkyl halides is 3. The fourth-order valence-electron chi connectivity index (χ4n) is 4.77. The number of primary amides is 1. The van der Waals surface area contributed by atoms with Gasteiger partial charge in [-0.1, -0.05) is 19.3 Å². The average Bonchev–Trinajstić information content (AvgIpc) is 3.27. The Morgan fingerprint density at radius 2 is 1.76 bits per heavy atom. The van der Waals surface area contributed by atoms with Gasteiger partial charge in [0.05, 0.1) is 28.5 Å². The fraction of sp³-hybridized carbons (Fsp3) is 0.667. The van der Waals surface area contributed by atoms with Gasteiger partial charge in [0, 0.05) is 20.1 Å². The molecule has 1 aromatic carbocycles. The number of benzene rings is 1. The summed E-state index contributed by atoms with van der Waals surface area (Å²) in [7, 11) is 1.84. The predicted molar refractivity (Wildman–Crippen MR) is 110 cm³/mol. The van der Waals surface area contributed by atoms with Crippen LogP contribution in [0.1, 0.15) is 54.4 Å². The molecule has 1 amide bonds. The van der Waals surface area contributed by atoms with Crippen LogP contribution >= 0.6 is 0 Å². The number of anilines is 3. The molecule has 2 aliphatic carbocycles. The highest BCUT2D eigenvalue weighted by Crippen LogP contribution is 2.48. The van der Waals surface area contributed by atoms with Crippen molar-refractivity contribution in [1.29, 1.82) is 0 Å². The SMILES string of the molecule is CNc1c(N)cc(C(N)=O)c(N2CC3CC3C2)c1C.FC(F)(F)C1CCCCC1. The van der Waals surface area contributed by atoms with E-state index in [4.69, 9.17) is 11.5 Å². The molecule has 0 bridgehead atoms. The first-order chi connectivity index (χ1) is 13.6. The highest BCUT2D eigenvalue weighted by atomic mass is 19.4.